The number of hydrogen-bond donors (Lipinski definition) is 1. The van der Waals surface area contributed by atoms with Crippen LogP contribution in [0.2, 0.25) is 0 Å². The standard InChI is InChI=1S/C18H19N3O3S/c1-23-16-8-14-15(9-17(16)24-2)20-11-21-18(14)13-6-4-12(5-7-13)10-25(3,19)22/h4-9,11,19H,10H2,1-3H3. The van der Waals surface area contributed by atoms with Gasteiger partial charge in [-0.2, -0.15) is 0 Å². The summed E-state index contributed by atoms with van der Waals surface area (Å²) in [6.45, 7) is 0. The van der Waals surface area contributed by atoms with Crippen LogP contribution in [0.5, 0.6) is 11.5 Å². The van der Waals surface area contributed by atoms with Gasteiger partial charge in [0.05, 0.1) is 31.2 Å². The maximum absolute atomic E-state index is 11.6. The first-order chi connectivity index (χ1) is 11.9. The average Bonchev–Trinajstić information content (AvgIpc) is 2.59. The Morgan fingerprint density at radius 3 is 2.28 bits per heavy atom. The maximum atomic E-state index is 11.6. The van der Waals surface area contributed by atoms with Crippen LogP contribution in [0.25, 0.3) is 22.2 Å². The van der Waals surface area contributed by atoms with Crippen LogP contribution in [0, 0.1) is 4.78 Å². The molecule has 0 bridgehead atoms. The van der Waals surface area contributed by atoms with E-state index in [1.54, 1.807) is 14.2 Å². The van der Waals surface area contributed by atoms with E-state index in [0.717, 1.165) is 27.7 Å². The summed E-state index contributed by atoms with van der Waals surface area (Å²) in [5.74, 6) is 1.47. The highest BCUT2D eigenvalue weighted by atomic mass is 32.2. The number of rotatable bonds is 5. The first-order valence-corrected chi connectivity index (χ1v) is 9.72. The Morgan fingerprint density at radius 1 is 1.04 bits per heavy atom. The van der Waals surface area contributed by atoms with Crippen molar-refractivity contribution in [3.63, 3.8) is 0 Å². The van der Waals surface area contributed by atoms with E-state index in [0.29, 0.717) is 11.5 Å². The van der Waals surface area contributed by atoms with Gasteiger partial charge in [-0.05, 0) is 11.6 Å². The normalized spacial score (nSPS) is 13.4. The van der Waals surface area contributed by atoms with Gasteiger partial charge in [-0.3, -0.25) is 4.78 Å². The monoisotopic (exact) mass is 357 g/mol. The molecule has 0 aliphatic heterocycles. The fourth-order valence-corrected chi connectivity index (χ4v) is 3.52. The van der Waals surface area contributed by atoms with Crippen molar-refractivity contribution in [1.29, 1.82) is 4.78 Å². The lowest BCUT2D eigenvalue weighted by Crippen LogP contribution is -1.98. The zero-order valence-corrected chi connectivity index (χ0v) is 15.1. The molecule has 0 aliphatic rings. The summed E-state index contributed by atoms with van der Waals surface area (Å²) in [4.78, 5) is 8.72. The van der Waals surface area contributed by atoms with Gasteiger partial charge < -0.3 is 9.47 Å². The van der Waals surface area contributed by atoms with E-state index >= 15 is 0 Å². The van der Waals surface area contributed by atoms with Crippen molar-refractivity contribution in [2.24, 2.45) is 0 Å². The summed E-state index contributed by atoms with van der Waals surface area (Å²) in [5, 5.41) is 0.854. The summed E-state index contributed by atoms with van der Waals surface area (Å²) in [6, 6.07) is 11.3. The second-order valence-corrected chi connectivity index (χ2v) is 8.09. The van der Waals surface area contributed by atoms with Gasteiger partial charge in [0.2, 0.25) is 0 Å². The molecule has 3 rings (SSSR count). The zero-order chi connectivity index (χ0) is 18.0. The molecule has 0 radical (unpaired) electrons. The molecule has 130 valence electrons. The van der Waals surface area contributed by atoms with Crippen molar-refractivity contribution in [3.05, 3.63) is 48.3 Å². The van der Waals surface area contributed by atoms with Crippen LogP contribution in [0.4, 0.5) is 0 Å². The second-order valence-electron chi connectivity index (χ2n) is 5.79. The highest BCUT2D eigenvalue weighted by Gasteiger charge is 2.12. The fraction of sp³-hybridized carbons (Fsp3) is 0.222. The van der Waals surface area contributed by atoms with Crippen LogP contribution in [0.3, 0.4) is 0 Å². The van der Waals surface area contributed by atoms with Gasteiger partial charge in [0.1, 0.15) is 6.33 Å². The van der Waals surface area contributed by atoms with Crippen molar-refractivity contribution < 1.29 is 13.7 Å². The Labute approximate surface area is 146 Å². The summed E-state index contributed by atoms with van der Waals surface area (Å²) >= 11 is 0. The largest absolute Gasteiger partial charge is 0.493 e. The van der Waals surface area contributed by atoms with Gasteiger partial charge in [0.25, 0.3) is 0 Å². The van der Waals surface area contributed by atoms with Gasteiger partial charge in [0, 0.05) is 33.0 Å². The average molecular weight is 357 g/mol. The van der Waals surface area contributed by atoms with Crippen molar-refractivity contribution >= 4 is 20.6 Å². The molecule has 1 aromatic heterocycles. The molecular formula is C18H19N3O3S. The number of hydrogen-bond acceptors (Lipinski definition) is 6. The van der Waals surface area contributed by atoms with Gasteiger partial charge >= 0.3 is 0 Å². The number of benzene rings is 2. The van der Waals surface area contributed by atoms with E-state index in [4.69, 9.17) is 14.3 Å². The number of nitrogens with one attached hydrogen (secondary N) is 1. The summed E-state index contributed by atoms with van der Waals surface area (Å²) < 4.78 is 29.9. The maximum Gasteiger partial charge on any atom is 0.162 e. The lowest BCUT2D eigenvalue weighted by Gasteiger charge is -2.11. The Kier molecular flexibility index (Phi) is 4.59. The van der Waals surface area contributed by atoms with Gasteiger partial charge in [-0.25, -0.2) is 14.2 Å². The van der Waals surface area contributed by atoms with Gasteiger partial charge in [-0.1, -0.05) is 24.3 Å². The van der Waals surface area contributed by atoms with Crippen LogP contribution in [0.15, 0.2) is 42.7 Å². The predicted molar refractivity (Wildman–Crippen MR) is 98.6 cm³/mol. The lowest BCUT2D eigenvalue weighted by atomic mass is 10.0. The molecule has 1 atom stereocenters. The molecular weight excluding hydrogens is 338 g/mol. The van der Waals surface area contributed by atoms with E-state index in [2.05, 4.69) is 9.97 Å². The number of methoxy groups -OCH3 is 2. The predicted octanol–water partition coefficient (Wildman–Crippen LogP) is 3.49. The van der Waals surface area contributed by atoms with Crippen molar-refractivity contribution in [3.8, 4) is 22.8 Å². The molecule has 1 unspecified atom stereocenters. The minimum atomic E-state index is -2.56. The third-order valence-corrected chi connectivity index (χ3v) is 4.69. The highest BCUT2D eigenvalue weighted by molar-refractivity contribution is 7.90. The molecule has 3 aromatic rings. The van der Waals surface area contributed by atoms with Gasteiger partial charge in [-0.15, -0.1) is 0 Å². The van der Waals surface area contributed by atoms with E-state index in [1.165, 1.54) is 12.6 Å². The van der Waals surface area contributed by atoms with Gasteiger partial charge in [0.15, 0.2) is 11.5 Å². The van der Waals surface area contributed by atoms with E-state index in [1.807, 2.05) is 36.4 Å². The zero-order valence-electron chi connectivity index (χ0n) is 14.3. The molecule has 0 spiro atoms. The quantitative estimate of drug-likeness (QED) is 0.755. The van der Waals surface area contributed by atoms with E-state index in [-0.39, 0.29) is 5.75 Å². The molecule has 2 aromatic carbocycles. The number of ether oxygens (including phenoxy) is 2. The topological polar surface area (TPSA) is 85.2 Å². The molecule has 0 saturated heterocycles. The molecule has 25 heavy (non-hydrogen) atoms. The molecule has 0 fully saturated rings. The van der Waals surface area contributed by atoms with Crippen molar-refractivity contribution in [2.45, 2.75) is 5.75 Å². The van der Waals surface area contributed by atoms with E-state index < -0.39 is 9.73 Å². The molecule has 0 amide bonds. The third kappa shape index (κ3) is 3.71. The van der Waals surface area contributed by atoms with Crippen LogP contribution >= 0.6 is 0 Å². The van der Waals surface area contributed by atoms with Crippen LogP contribution in [0.1, 0.15) is 5.56 Å². The molecule has 0 saturated carbocycles. The third-order valence-electron chi connectivity index (χ3n) is 3.81. The Morgan fingerprint density at radius 2 is 1.68 bits per heavy atom. The summed E-state index contributed by atoms with van der Waals surface area (Å²) in [6.07, 6.45) is 2.96. The van der Waals surface area contributed by atoms with E-state index in [9.17, 15) is 4.21 Å². The Hall–Kier alpha value is -2.67. The SMILES string of the molecule is COc1cc2ncnc(-c3ccc(CS(C)(=N)=O)cc3)c2cc1OC. The number of aromatic nitrogens is 2. The first-order valence-electron chi connectivity index (χ1n) is 7.59. The minimum absolute atomic E-state index is 0.239. The first kappa shape index (κ1) is 17.2. The minimum Gasteiger partial charge on any atom is -0.493 e. The summed E-state index contributed by atoms with van der Waals surface area (Å²) in [5.41, 5.74) is 3.31. The van der Waals surface area contributed by atoms with Crippen LogP contribution in [-0.2, 0) is 15.5 Å². The number of nitrogens with zero attached hydrogens (tertiary/aromatic N) is 2. The Balaban J connectivity index is 2.09. The molecule has 1 heterocycles. The Bertz CT molecular complexity index is 1020. The van der Waals surface area contributed by atoms with Crippen LogP contribution in [-0.4, -0.2) is 34.7 Å². The molecule has 1 N–H and O–H groups in total. The summed E-state index contributed by atoms with van der Waals surface area (Å²) in [7, 11) is 0.612. The molecule has 6 nitrogen and oxygen atoms in total. The van der Waals surface area contributed by atoms with Crippen molar-refractivity contribution in [1.82, 2.24) is 9.97 Å². The highest BCUT2D eigenvalue weighted by Crippen LogP contribution is 2.35. The van der Waals surface area contributed by atoms with Crippen LogP contribution < -0.4 is 9.47 Å². The van der Waals surface area contributed by atoms with Crippen molar-refractivity contribution in [2.75, 3.05) is 20.5 Å². The molecule has 7 heteroatoms. The smallest absolute Gasteiger partial charge is 0.162 e. The fourth-order valence-electron chi connectivity index (χ4n) is 2.69. The number of fused-ring (bicyclic) bond motifs is 1. The molecule has 0 aliphatic carbocycles. The second kappa shape index (κ2) is 6.68. The lowest BCUT2D eigenvalue weighted by molar-refractivity contribution is 0.356.